The molecule has 0 aromatic heterocycles. The zero-order chi connectivity index (χ0) is 14.5. The molecule has 0 spiro atoms. The standard InChI is InChI=1S/C16H25FN2O/c1-12(16-14(17)8-6-9-15(16)20-3)19-10-5-4-7-13(19)11-18-2/h6,8-9,12-13,18H,4-5,7,10-11H2,1-3H3. The molecule has 1 aromatic rings. The molecule has 112 valence electrons. The van der Waals surface area contributed by atoms with Crippen LogP contribution in [0, 0.1) is 5.82 Å². The summed E-state index contributed by atoms with van der Waals surface area (Å²) in [5.41, 5.74) is 0.679. The van der Waals surface area contributed by atoms with Gasteiger partial charge in [-0.1, -0.05) is 12.5 Å². The Labute approximate surface area is 121 Å². The number of hydrogen-bond donors (Lipinski definition) is 1. The summed E-state index contributed by atoms with van der Waals surface area (Å²) < 4.78 is 19.6. The van der Waals surface area contributed by atoms with Gasteiger partial charge in [-0.2, -0.15) is 0 Å². The van der Waals surface area contributed by atoms with Gasteiger partial charge in [0.1, 0.15) is 11.6 Å². The van der Waals surface area contributed by atoms with Gasteiger partial charge in [0.15, 0.2) is 0 Å². The van der Waals surface area contributed by atoms with E-state index in [1.54, 1.807) is 13.2 Å². The van der Waals surface area contributed by atoms with E-state index in [9.17, 15) is 4.39 Å². The summed E-state index contributed by atoms with van der Waals surface area (Å²) in [7, 11) is 3.58. The Kier molecular flexibility index (Phi) is 5.38. The van der Waals surface area contributed by atoms with Crippen molar-refractivity contribution < 1.29 is 9.13 Å². The highest BCUT2D eigenvalue weighted by Gasteiger charge is 2.29. The van der Waals surface area contributed by atoms with E-state index < -0.39 is 0 Å². The molecule has 2 unspecified atom stereocenters. The quantitative estimate of drug-likeness (QED) is 0.897. The molecule has 3 nitrogen and oxygen atoms in total. The van der Waals surface area contributed by atoms with Crippen molar-refractivity contribution in [3.8, 4) is 5.75 Å². The first-order valence-electron chi connectivity index (χ1n) is 7.41. The lowest BCUT2D eigenvalue weighted by molar-refractivity contribution is 0.0997. The van der Waals surface area contributed by atoms with E-state index in [4.69, 9.17) is 4.74 Å². The van der Waals surface area contributed by atoms with Gasteiger partial charge in [-0.15, -0.1) is 0 Å². The maximum absolute atomic E-state index is 14.2. The molecule has 1 aliphatic heterocycles. The van der Waals surface area contributed by atoms with E-state index in [0.717, 1.165) is 13.1 Å². The topological polar surface area (TPSA) is 24.5 Å². The Bertz CT molecular complexity index is 436. The summed E-state index contributed by atoms with van der Waals surface area (Å²) in [5.74, 6) is 0.469. The average Bonchev–Trinajstić information content (AvgIpc) is 2.47. The summed E-state index contributed by atoms with van der Waals surface area (Å²) in [6.45, 7) is 4.04. The SMILES string of the molecule is CNCC1CCCCN1C(C)c1c(F)cccc1OC. The first kappa shape index (κ1) is 15.3. The molecular formula is C16H25FN2O. The number of piperidine rings is 1. The Morgan fingerprint density at radius 3 is 2.95 bits per heavy atom. The van der Waals surface area contributed by atoms with Crippen LogP contribution < -0.4 is 10.1 Å². The van der Waals surface area contributed by atoms with Crippen molar-refractivity contribution in [3.05, 3.63) is 29.6 Å². The highest BCUT2D eigenvalue weighted by atomic mass is 19.1. The monoisotopic (exact) mass is 280 g/mol. The normalized spacial score (nSPS) is 21.7. The lowest BCUT2D eigenvalue weighted by Gasteiger charge is -2.40. The van der Waals surface area contributed by atoms with Crippen molar-refractivity contribution in [1.82, 2.24) is 10.2 Å². The van der Waals surface area contributed by atoms with Gasteiger partial charge in [-0.05, 0) is 45.5 Å². The van der Waals surface area contributed by atoms with E-state index in [0.29, 0.717) is 17.4 Å². The molecule has 0 bridgehead atoms. The van der Waals surface area contributed by atoms with Crippen LogP contribution in [0.2, 0.25) is 0 Å². The predicted molar refractivity (Wildman–Crippen MR) is 79.6 cm³/mol. The molecule has 0 aliphatic carbocycles. The minimum absolute atomic E-state index is 0.0322. The molecule has 1 aliphatic rings. The van der Waals surface area contributed by atoms with Crippen LogP contribution >= 0.6 is 0 Å². The van der Waals surface area contributed by atoms with Crippen LogP contribution in [-0.4, -0.2) is 38.2 Å². The van der Waals surface area contributed by atoms with E-state index in [2.05, 4.69) is 17.1 Å². The number of hydrogen-bond acceptors (Lipinski definition) is 3. The number of benzene rings is 1. The van der Waals surface area contributed by atoms with Gasteiger partial charge in [0.05, 0.1) is 7.11 Å². The van der Waals surface area contributed by atoms with Gasteiger partial charge in [0.25, 0.3) is 0 Å². The Hall–Kier alpha value is -1.13. The largest absolute Gasteiger partial charge is 0.496 e. The lowest BCUT2D eigenvalue weighted by atomic mass is 9.96. The van der Waals surface area contributed by atoms with Crippen LogP contribution in [0.1, 0.15) is 37.8 Å². The van der Waals surface area contributed by atoms with Crippen molar-refractivity contribution in [1.29, 1.82) is 0 Å². The van der Waals surface area contributed by atoms with Gasteiger partial charge in [0.2, 0.25) is 0 Å². The number of likely N-dealkylation sites (tertiary alicyclic amines) is 1. The summed E-state index contributed by atoms with van der Waals surface area (Å²) in [5, 5.41) is 3.25. The molecule has 1 heterocycles. The number of rotatable bonds is 5. The Morgan fingerprint density at radius 2 is 2.25 bits per heavy atom. The van der Waals surface area contributed by atoms with Crippen molar-refractivity contribution >= 4 is 0 Å². The van der Waals surface area contributed by atoms with E-state index in [1.807, 2.05) is 13.1 Å². The molecule has 1 saturated heterocycles. The van der Waals surface area contributed by atoms with Crippen LogP contribution in [0.3, 0.4) is 0 Å². The van der Waals surface area contributed by atoms with Gasteiger partial charge in [0, 0.05) is 24.2 Å². The third kappa shape index (κ3) is 3.13. The summed E-state index contributed by atoms with van der Waals surface area (Å²) in [4.78, 5) is 2.40. The van der Waals surface area contributed by atoms with Crippen LogP contribution in [0.15, 0.2) is 18.2 Å². The molecule has 2 atom stereocenters. The van der Waals surface area contributed by atoms with Crippen molar-refractivity contribution in [2.75, 3.05) is 27.2 Å². The second kappa shape index (κ2) is 7.04. The minimum atomic E-state index is -0.175. The molecule has 4 heteroatoms. The minimum Gasteiger partial charge on any atom is -0.496 e. The van der Waals surface area contributed by atoms with Gasteiger partial charge < -0.3 is 10.1 Å². The molecule has 0 saturated carbocycles. The smallest absolute Gasteiger partial charge is 0.131 e. The Balaban J connectivity index is 2.27. The Morgan fingerprint density at radius 1 is 1.45 bits per heavy atom. The van der Waals surface area contributed by atoms with Crippen molar-refractivity contribution in [2.45, 2.75) is 38.3 Å². The number of nitrogens with one attached hydrogen (secondary N) is 1. The highest BCUT2D eigenvalue weighted by Crippen LogP contribution is 2.34. The number of ether oxygens (including phenoxy) is 1. The molecule has 0 amide bonds. The summed E-state index contributed by atoms with van der Waals surface area (Å²) in [6, 6.07) is 5.56. The second-order valence-electron chi connectivity index (χ2n) is 5.48. The highest BCUT2D eigenvalue weighted by molar-refractivity contribution is 5.37. The lowest BCUT2D eigenvalue weighted by Crippen LogP contribution is -2.46. The van der Waals surface area contributed by atoms with Crippen molar-refractivity contribution in [2.24, 2.45) is 0 Å². The first-order chi connectivity index (χ1) is 9.69. The molecular weight excluding hydrogens is 255 g/mol. The average molecular weight is 280 g/mol. The molecule has 1 fully saturated rings. The third-order valence-corrected chi connectivity index (χ3v) is 4.26. The van der Waals surface area contributed by atoms with Gasteiger partial charge in [-0.3, -0.25) is 4.90 Å². The fourth-order valence-electron chi connectivity index (χ4n) is 3.25. The number of methoxy groups -OCH3 is 1. The predicted octanol–water partition coefficient (Wildman–Crippen LogP) is 2.97. The molecule has 1 N–H and O–H groups in total. The fraction of sp³-hybridized carbons (Fsp3) is 0.625. The van der Waals surface area contributed by atoms with Gasteiger partial charge >= 0.3 is 0 Å². The maximum Gasteiger partial charge on any atom is 0.131 e. The summed E-state index contributed by atoms with van der Waals surface area (Å²) in [6.07, 6.45) is 3.60. The van der Waals surface area contributed by atoms with E-state index in [1.165, 1.54) is 25.3 Å². The zero-order valence-corrected chi connectivity index (χ0v) is 12.7. The van der Waals surface area contributed by atoms with Gasteiger partial charge in [-0.25, -0.2) is 4.39 Å². The number of likely N-dealkylation sites (N-methyl/N-ethyl adjacent to an activating group) is 1. The third-order valence-electron chi connectivity index (χ3n) is 4.26. The van der Waals surface area contributed by atoms with E-state index >= 15 is 0 Å². The molecule has 1 aromatic carbocycles. The van der Waals surface area contributed by atoms with Crippen LogP contribution in [0.4, 0.5) is 4.39 Å². The maximum atomic E-state index is 14.2. The number of halogens is 1. The number of nitrogens with zero attached hydrogens (tertiary/aromatic N) is 1. The molecule has 20 heavy (non-hydrogen) atoms. The first-order valence-corrected chi connectivity index (χ1v) is 7.41. The zero-order valence-electron chi connectivity index (χ0n) is 12.7. The van der Waals surface area contributed by atoms with Crippen LogP contribution in [0.5, 0.6) is 5.75 Å². The summed E-state index contributed by atoms with van der Waals surface area (Å²) >= 11 is 0. The van der Waals surface area contributed by atoms with E-state index in [-0.39, 0.29) is 11.9 Å². The molecule has 2 rings (SSSR count). The molecule has 0 radical (unpaired) electrons. The van der Waals surface area contributed by atoms with Crippen LogP contribution in [-0.2, 0) is 0 Å². The van der Waals surface area contributed by atoms with Crippen LogP contribution in [0.25, 0.3) is 0 Å². The van der Waals surface area contributed by atoms with Crippen molar-refractivity contribution in [3.63, 3.8) is 0 Å². The fourth-order valence-corrected chi connectivity index (χ4v) is 3.25. The second-order valence-corrected chi connectivity index (χ2v) is 5.48.